The molecule has 1 N–H and O–H groups in total. The van der Waals surface area contributed by atoms with Crippen LogP contribution in [0, 0.1) is 0 Å². The van der Waals surface area contributed by atoms with Gasteiger partial charge in [-0.1, -0.05) is 12.1 Å². The lowest BCUT2D eigenvalue weighted by Crippen LogP contribution is -2.40. The lowest BCUT2D eigenvalue weighted by molar-refractivity contribution is -0.125. The number of aromatic nitrogens is 2. The molecule has 0 spiro atoms. The van der Waals surface area contributed by atoms with E-state index in [-0.39, 0.29) is 18.5 Å². The molecule has 3 rings (SSSR count). The smallest absolute Gasteiger partial charge is 0.316 e. The molecular formula is C14H13N3O4. The van der Waals surface area contributed by atoms with Gasteiger partial charge in [0.1, 0.15) is 6.61 Å². The Morgan fingerprint density at radius 3 is 2.71 bits per heavy atom. The van der Waals surface area contributed by atoms with E-state index in [4.69, 9.17) is 14.2 Å². The third-order valence-corrected chi connectivity index (χ3v) is 2.88. The largest absolute Gasteiger partial charge is 0.485 e. The summed E-state index contributed by atoms with van der Waals surface area (Å²) in [6.45, 7) is 0.153. The molecule has 7 heteroatoms. The highest BCUT2D eigenvalue weighted by Crippen LogP contribution is 2.31. The van der Waals surface area contributed by atoms with Crippen LogP contribution in [0.2, 0.25) is 0 Å². The van der Waals surface area contributed by atoms with Gasteiger partial charge in [0.2, 0.25) is 6.10 Å². The summed E-state index contributed by atoms with van der Waals surface area (Å²) in [7, 11) is 1.47. The van der Waals surface area contributed by atoms with E-state index in [9.17, 15) is 4.79 Å². The minimum absolute atomic E-state index is 0.153. The molecule has 1 aliphatic heterocycles. The second-order valence-corrected chi connectivity index (χ2v) is 4.31. The van der Waals surface area contributed by atoms with E-state index in [2.05, 4.69) is 15.3 Å². The summed E-state index contributed by atoms with van der Waals surface area (Å²) in [5.74, 6) is 0.863. The van der Waals surface area contributed by atoms with E-state index in [1.807, 2.05) is 12.1 Å². The summed E-state index contributed by atoms with van der Waals surface area (Å²) >= 11 is 0. The average molecular weight is 287 g/mol. The maximum absolute atomic E-state index is 12.1. The highest BCUT2D eigenvalue weighted by atomic mass is 16.6. The summed E-state index contributed by atoms with van der Waals surface area (Å²) < 4.78 is 16.0. The van der Waals surface area contributed by atoms with Crippen molar-refractivity contribution in [2.45, 2.75) is 6.10 Å². The monoisotopic (exact) mass is 287 g/mol. The van der Waals surface area contributed by atoms with Crippen molar-refractivity contribution in [2.75, 3.05) is 19.0 Å². The minimum atomic E-state index is -0.720. The number of carbonyl (C=O) groups is 1. The maximum Gasteiger partial charge on any atom is 0.316 e. The highest BCUT2D eigenvalue weighted by Gasteiger charge is 2.27. The predicted octanol–water partition coefficient (Wildman–Crippen LogP) is 1.26. The summed E-state index contributed by atoms with van der Waals surface area (Å²) in [5, 5.41) is 2.67. The first-order valence-electron chi connectivity index (χ1n) is 6.31. The molecule has 0 radical (unpaired) electrons. The molecule has 2 aromatic rings. The number of nitrogens with zero attached hydrogens (tertiary/aromatic N) is 2. The predicted molar refractivity (Wildman–Crippen MR) is 73.6 cm³/mol. The molecule has 0 saturated carbocycles. The summed E-state index contributed by atoms with van der Waals surface area (Å²) in [6, 6.07) is 7.45. The van der Waals surface area contributed by atoms with Crippen molar-refractivity contribution < 1.29 is 19.0 Å². The fourth-order valence-corrected chi connectivity index (χ4v) is 1.86. The van der Waals surface area contributed by atoms with Gasteiger partial charge in [-0.15, -0.1) is 0 Å². The normalized spacial score (nSPS) is 16.1. The second-order valence-electron chi connectivity index (χ2n) is 4.31. The lowest BCUT2D eigenvalue weighted by atomic mass is 10.2. The van der Waals surface area contributed by atoms with Crippen LogP contribution in [0.15, 0.2) is 36.7 Å². The number of rotatable bonds is 3. The molecule has 0 aliphatic carbocycles. The van der Waals surface area contributed by atoms with Gasteiger partial charge in [-0.05, 0) is 12.1 Å². The van der Waals surface area contributed by atoms with E-state index in [1.54, 1.807) is 12.1 Å². The summed E-state index contributed by atoms with van der Waals surface area (Å²) in [5.41, 5.74) is 0.461. The Bertz CT molecular complexity index is 645. The Morgan fingerprint density at radius 1 is 1.29 bits per heavy atom. The Hall–Kier alpha value is -2.83. The van der Waals surface area contributed by atoms with Crippen LogP contribution in [0.25, 0.3) is 0 Å². The van der Waals surface area contributed by atoms with Crippen LogP contribution in [0.4, 0.5) is 5.69 Å². The molecule has 1 aromatic carbocycles. The molecular weight excluding hydrogens is 274 g/mol. The first-order chi connectivity index (χ1) is 10.3. The van der Waals surface area contributed by atoms with Crippen LogP contribution in [0.1, 0.15) is 0 Å². The lowest BCUT2D eigenvalue weighted by Gasteiger charge is -2.25. The van der Waals surface area contributed by atoms with Gasteiger partial charge in [-0.25, -0.2) is 9.97 Å². The third-order valence-electron chi connectivity index (χ3n) is 2.88. The summed E-state index contributed by atoms with van der Waals surface area (Å²) in [6.07, 6.45) is 2.20. The zero-order valence-corrected chi connectivity index (χ0v) is 11.3. The molecule has 108 valence electrons. The van der Waals surface area contributed by atoms with E-state index < -0.39 is 6.10 Å². The fourth-order valence-electron chi connectivity index (χ4n) is 1.86. The van der Waals surface area contributed by atoms with Gasteiger partial charge >= 0.3 is 6.01 Å². The number of benzene rings is 1. The number of hydrogen-bond acceptors (Lipinski definition) is 6. The Balaban J connectivity index is 1.66. The number of amides is 1. The molecule has 1 unspecified atom stereocenters. The zero-order chi connectivity index (χ0) is 14.7. The van der Waals surface area contributed by atoms with Crippen molar-refractivity contribution in [3.8, 4) is 17.5 Å². The first kappa shape index (κ1) is 13.2. The SMILES string of the molecule is COc1ncc(NC(=O)C2COc3ccccc3O2)cn1. The number of carbonyl (C=O) groups excluding carboxylic acids is 1. The fraction of sp³-hybridized carbons (Fsp3) is 0.214. The number of fused-ring (bicyclic) bond motifs is 1. The van der Waals surface area contributed by atoms with Gasteiger partial charge in [0.15, 0.2) is 11.5 Å². The van der Waals surface area contributed by atoms with Crippen molar-refractivity contribution in [1.82, 2.24) is 9.97 Å². The molecule has 0 saturated heterocycles. The quantitative estimate of drug-likeness (QED) is 0.915. The van der Waals surface area contributed by atoms with Crippen LogP contribution >= 0.6 is 0 Å². The van der Waals surface area contributed by atoms with Crippen LogP contribution in [0.5, 0.6) is 17.5 Å². The summed E-state index contributed by atoms with van der Waals surface area (Å²) in [4.78, 5) is 20.0. The van der Waals surface area contributed by atoms with E-state index >= 15 is 0 Å². The number of methoxy groups -OCH3 is 1. The topological polar surface area (TPSA) is 82.6 Å². The third kappa shape index (κ3) is 2.86. The average Bonchev–Trinajstić information content (AvgIpc) is 2.55. The van der Waals surface area contributed by atoms with Gasteiger partial charge in [0, 0.05) is 0 Å². The van der Waals surface area contributed by atoms with Crippen molar-refractivity contribution in [1.29, 1.82) is 0 Å². The highest BCUT2D eigenvalue weighted by molar-refractivity contribution is 5.94. The molecule has 1 amide bonds. The first-order valence-corrected chi connectivity index (χ1v) is 6.31. The molecule has 0 fully saturated rings. The van der Waals surface area contributed by atoms with Gasteiger partial charge in [-0.2, -0.15) is 0 Å². The minimum Gasteiger partial charge on any atom is -0.485 e. The van der Waals surface area contributed by atoms with Gasteiger partial charge in [0.25, 0.3) is 5.91 Å². The Kier molecular flexibility index (Phi) is 3.55. The standard InChI is InChI=1S/C14H13N3O4/c1-19-14-15-6-9(7-16-14)17-13(18)12-8-20-10-4-2-3-5-11(10)21-12/h2-7,12H,8H2,1H3,(H,17,18). The van der Waals surface area contributed by atoms with E-state index in [0.29, 0.717) is 17.2 Å². The van der Waals surface area contributed by atoms with Crippen molar-refractivity contribution in [3.63, 3.8) is 0 Å². The second kappa shape index (κ2) is 5.66. The number of nitrogens with one attached hydrogen (secondary N) is 1. The number of para-hydroxylation sites is 2. The van der Waals surface area contributed by atoms with Crippen LogP contribution in [-0.4, -0.2) is 35.7 Å². The van der Waals surface area contributed by atoms with Gasteiger partial charge < -0.3 is 19.5 Å². The molecule has 2 heterocycles. The zero-order valence-electron chi connectivity index (χ0n) is 11.3. The Morgan fingerprint density at radius 2 is 2.00 bits per heavy atom. The van der Waals surface area contributed by atoms with E-state index in [1.165, 1.54) is 19.5 Å². The maximum atomic E-state index is 12.1. The van der Waals surface area contributed by atoms with E-state index in [0.717, 1.165) is 0 Å². The molecule has 1 aliphatic rings. The van der Waals surface area contributed by atoms with Crippen molar-refractivity contribution >= 4 is 11.6 Å². The molecule has 0 bridgehead atoms. The van der Waals surface area contributed by atoms with Crippen molar-refractivity contribution in [3.05, 3.63) is 36.7 Å². The van der Waals surface area contributed by atoms with Crippen LogP contribution < -0.4 is 19.5 Å². The number of anilines is 1. The molecule has 7 nitrogen and oxygen atoms in total. The molecule has 21 heavy (non-hydrogen) atoms. The Labute approximate surface area is 120 Å². The van der Waals surface area contributed by atoms with Gasteiger partial charge in [-0.3, -0.25) is 4.79 Å². The molecule has 1 atom stereocenters. The number of ether oxygens (including phenoxy) is 3. The van der Waals surface area contributed by atoms with Gasteiger partial charge in [0.05, 0.1) is 25.2 Å². The number of hydrogen-bond donors (Lipinski definition) is 1. The van der Waals surface area contributed by atoms with Crippen LogP contribution in [0.3, 0.4) is 0 Å². The molecule has 1 aromatic heterocycles. The van der Waals surface area contributed by atoms with Crippen LogP contribution in [-0.2, 0) is 4.79 Å². The van der Waals surface area contributed by atoms with Crippen molar-refractivity contribution in [2.24, 2.45) is 0 Å².